The van der Waals surface area contributed by atoms with Crippen LogP contribution in [-0.2, 0) is 9.53 Å². The van der Waals surface area contributed by atoms with Crippen molar-refractivity contribution in [1.82, 2.24) is 5.32 Å². The van der Waals surface area contributed by atoms with Crippen LogP contribution in [0.15, 0.2) is 23.8 Å². The fraction of sp³-hybridized carbons (Fsp3) is 0.286. The van der Waals surface area contributed by atoms with Crippen LogP contribution < -0.4 is 5.32 Å². The van der Waals surface area contributed by atoms with Gasteiger partial charge in [0, 0.05) is 11.7 Å². The average Bonchev–Trinajstić information content (AvgIpc) is 2.06. The number of hydrogen-bond acceptors (Lipinski definition) is 3. The van der Waals surface area contributed by atoms with E-state index in [-0.39, 0.29) is 12.7 Å². The van der Waals surface area contributed by atoms with Crippen LogP contribution in [-0.4, -0.2) is 19.3 Å². The molecule has 0 unspecified atom stereocenters. The maximum Gasteiger partial charge on any atom is 0.326 e. The number of fused-ring (bicyclic) bond motifs is 1. The minimum absolute atomic E-state index is 0.182. The van der Waals surface area contributed by atoms with Gasteiger partial charge in [0.1, 0.15) is 0 Å². The molecule has 0 saturated carbocycles. The summed E-state index contributed by atoms with van der Waals surface area (Å²) >= 11 is 0. The predicted molar refractivity (Wildman–Crippen MR) is 41.9 cm³/mol. The molecule has 0 spiro atoms. The van der Waals surface area contributed by atoms with E-state index in [9.17, 15) is 4.79 Å². The zero-order chi connectivity index (χ0) is 7.68. The van der Waals surface area contributed by atoms with Crippen molar-refractivity contribution in [2.75, 3.05) is 6.61 Å². The Balaban J connectivity index is 2.25. The Bertz CT molecular complexity index is 247. The molecule has 0 amide bonds. The summed E-state index contributed by atoms with van der Waals surface area (Å²) in [5.74, 6) is 1.81. The first kappa shape index (κ1) is 6.52. The van der Waals surface area contributed by atoms with Crippen LogP contribution in [0.4, 0.5) is 0 Å². The number of cyclic esters (lactones) is 1. The standard InChI is InChI=1S/C7H8BNO2/c10-7-6-5-9-3-1-8(6)2-4-11-7/h1,3,5,9H,2,4H2. The molecule has 0 aromatic heterocycles. The average molecular weight is 149 g/mol. The van der Waals surface area contributed by atoms with E-state index in [1.54, 1.807) is 6.20 Å². The third-order valence-electron chi connectivity index (χ3n) is 1.96. The fourth-order valence-corrected chi connectivity index (χ4v) is 1.34. The number of nitrogens with one attached hydrogen (secondary N) is 1. The Labute approximate surface area is 65.2 Å². The van der Waals surface area contributed by atoms with Gasteiger partial charge in [-0.2, -0.15) is 0 Å². The van der Waals surface area contributed by atoms with Gasteiger partial charge in [0.05, 0.1) is 6.61 Å². The van der Waals surface area contributed by atoms with Crippen molar-refractivity contribution >= 4 is 12.7 Å². The molecule has 2 heterocycles. The van der Waals surface area contributed by atoms with Crippen molar-refractivity contribution in [3.63, 3.8) is 0 Å². The lowest BCUT2D eigenvalue weighted by atomic mass is 9.41. The first-order valence-electron chi connectivity index (χ1n) is 3.68. The Morgan fingerprint density at radius 3 is 3.36 bits per heavy atom. The maximum atomic E-state index is 11.1. The molecule has 4 heteroatoms. The van der Waals surface area contributed by atoms with Crippen LogP contribution in [0.5, 0.6) is 0 Å². The summed E-state index contributed by atoms with van der Waals surface area (Å²) in [7, 11) is 0. The summed E-state index contributed by atoms with van der Waals surface area (Å²) in [5, 5.41) is 2.87. The third kappa shape index (κ3) is 1.04. The Morgan fingerprint density at radius 2 is 2.55 bits per heavy atom. The highest BCUT2D eigenvalue weighted by Crippen LogP contribution is 2.16. The molecular formula is C7H8BNO2. The number of ether oxygens (including phenoxy) is 1. The minimum Gasteiger partial charge on any atom is -0.464 e. The Hall–Kier alpha value is -1.19. The first-order valence-corrected chi connectivity index (χ1v) is 3.68. The number of rotatable bonds is 0. The summed E-state index contributed by atoms with van der Waals surface area (Å²) in [6.45, 7) is 0.822. The van der Waals surface area contributed by atoms with Crippen molar-refractivity contribution in [2.45, 2.75) is 6.32 Å². The lowest BCUT2D eigenvalue weighted by Gasteiger charge is -2.21. The van der Waals surface area contributed by atoms with E-state index in [1.807, 2.05) is 12.2 Å². The van der Waals surface area contributed by atoms with E-state index in [1.165, 1.54) is 0 Å². The van der Waals surface area contributed by atoms with Crippen molar-refractivity contribution in [2.24, 2.45) is 0 Å². The summed E-state index contributed by atoms with van der Waals surface area (Å²) in [6, 6.07) is 0. The van der Waals surface area contributed by atoms with Gasteiger partial charge in [-0.15, -0.1) is 0 Å². The highest BCUT2D eigenvalue weighted by Gasteiger charge is 2.29. The highest BCUT2D eigenvalue weighted by atomic mass is 16.5. The molecule has 0 atom stereocenters. The van der Waals surface area contributed by atoms with Gasteiger partial charge in [0.15, 0.2) is 0 Å². The molecular weight excluding hydrogens is 141 g/mol. The predicted octanol–water partition coefficient (Wildman–Crippen LogP) is 0.117. The zero-order valence-electron chi connectivity index (χ0n) is 6.04. The lowest BCUT2D eigenvalue weighted by Crippen LogP contribution is -2.33. The monoisotopic (exact) mass is 149 g/mol. The molecule has 56 valence electrons. The minimum atomic E-state index is -0.182. The van der Waals surface area contributed by atoms with Gasteiger partial charge in [-0.05, 0) is 12.5 Å². The molecule has 0 bridgehead atoms. The topological polar surface area (TPSA) is 38.3 Å². The number of carbonyl (C=O) groups is 1. The first-order chi connectivity index (χ1) is 5.38. The second-order valence-electron chi connectivity index (χ2n) is 2.66. The molecule has 1 N–H and O–H groups in total. The largest absolute Gasteiger partial charge is 0.464 e. The number of carbonyl (C=O) groups excluding carboxylic acids is 1. The zero-order valence-corrected chi connectivity index (χ0v) is 6.04. The molecule has 0 aromatic carbocycles. The van der Waals surface area contributed by atoms with Gasteiger partial charge in [-0.25, -0.2) is 4.79 Å². The van der Waals surface area contributed by atoms with Crippen LogP contribution in [0.2, 0.25) is 6.32 Å². The molecule has 0 radical (unpaired) electrons. The van der Waals surface area contributed by atoms with Crippen molar-refractivity contribution in [3.8, 4) is 0 Å². The van der Waals surface area contributed by atoms with Gasteiger partial charge in [-0.1, -0.05) is 5.98 Å². The molecule has 2 aliphatic rings. The van der Waals surface area contributed by atoms with Crippen LogP contribution in [0.25, 0.3) is 0 Å². The van der Waals surface area contributed by atoms with E-state index in [2.05, 4.69) is 5.32 Å². The van der Waals surface area contributed by atoms with Crippen LogP contribution >= 0.6 is 0 Å². The Kier molecular flexibility index (Phi) is 1.45. The summed E-state index contributed by atoms with van der Waals surface area (Å²) < 4.78 is 4.87. The van der Waals surface area contributed by atoms with Gasteiger partial charge < -0.3 is 10.1 Å². The summed E-state index contributed by atoms with van der Waals surface area (Å²) in [5.41, 5.74) is 0.749. The Morgan fingerprint density at radius 1 is 1.64 bits per heavy atom. The van der Waals surface area contributed by atoms with E-state index in [0.29, 0.717) is 6.61 Å². The number of hydrogen-bond donors (Lipinski definition) is 1. The second kappa shape index (κ2) is 2.45. The third-order valence-corrected chi connectivity index (χ3v) is 1.96. The van der Waals surface area contributed by atoms with Gasteiger partial charge in [0.2, 0.25) is 6.71 Å². The van der Waals surface area contributed by atoms with Gasteiger partial charge >= 0.3 is 5.97 Å². The van der Waals surface area contributed by atoms with Crippen LogP contribution in [0.1, 0.15) is 0 Å². The SMILES string of the molecule is O=C1OCCB2C=CNC=C21. The summed E-state index contributed by atoms with van der Waals surface area (Å²) in [6.07, 6.45) is 4.48. The quantitative estimate of drug-likeness (QED) is 0.392. The lowest BCUT2D eigenvalue weighted by molar-refractivity contribution is -0.138. The molecule has 3 nitrogen and oxygen atoms in total. The van der Waals surface area contributed by atoms with Crippen LogP contribution in [0, 0.1) is 0 Å². The molecule has 0 aliphatic carbocycles. The molecule has 2 aliphatic heterocycles. The highest BCUT2D eigenvalue weighted by molar-refractivity contribution is 6.77. The second-order valence-corrected chi connectivity index (χ2v) is 2.66. The van der Waals surface area contributed by atoms with E-state index in [0.717, 1.165) is 11.8 Å². The maximum absolute atomic E-state index is 11.1. The molecule has 1 saturated heterocycles. The van der Waals surface area contributed by atoms with Gasteiger partial charge in [-0.3, -0.25) is 0 Å². The number of esters is 1. The fourth-order valence-electron chi connectivity index (χ4n) is 1.34. The van der Waals surface area contributed by atoms with Crippen molar-refractivity contribution in [1.29, 1.82) is 0 Å². The van der Waals surface area contributed by atoms with Crippen molar-refractivity contribution < 1.29 is 9.53 Å². The molecule has 2 rings (SSSR count). The summed E-state index contributed by atoms with van der Waals surface area (Å²) in [4.78, 5) is 11.1. The molecule has 11 heavy (non-hydrogen) atoms. The van der Waals surface area contributed by atoms with E-state index < -0.39 is 0 Å². The van der Waals surface area contributed by atoms with Crippen LogP contribution in [0.3, 0.4) is 0 Å². The van der Waals surface area contributed by atoms with E-state index >= 15 is 0 Å². The molecule has 0 aromatic rings. The molecule has 1 fully saturated rings. The normalized spacial score (nSPS) is 21.6. The smallest absolute Gasteiger partial charge is 0.326 e. The van der Waals surface area contributed by atoms with Crippen molar-refractivity contribution in [3.05, 3.63) is 23.8 Å². The van der Waals surface area contributed by atoms with E-state index in [4.69, 9.17) is 4.74 Å². The van der Waals surface area contributed by atoms with Gasteiger partial charge in [0.25, 0.3) is 0 Å².